The SMILES string of the molecule is CCNC(=NCCc1nc(C(C)C)no1)N1CC=C(c2ccccc2)CC1.I. The number of hydrogen-bond acceptors (Lipinski definition) is 4. The Kier molecular flexibility index (Phi) is 8.95. The molecular formula is C21H30IN5O. The summed E-state index contributed by atoms with van der Waals surface area (Å²) in [4.78, 5) is 11.5. The average molecular weight is 495 g/mol. The van der Waals surface area contributed by atoms with Gasteiger partial charge < -0.3 is 14.7 Å². The number of rotatable bonds is 6. The van der Waals surface area contributed by atoms with Crippen molar-refractivity contribution in [2.45, 2.75) is 39.5 Å². The molecule has 2 heterocycles. The van der Waals surface area contributed by atoms with Gasteiger partial charge in [0.15, 0.2) is 11.8 Å². The number of hydrogen-bond donors (Lipinski definition) is 1. The number of nitrogens with one attached hydrogen (secondary N) is 1. The molecule has 1 aliphatic heterocycles. The lowest BCUT2D eigenvalue weighted by atomic mass is 10.00. The number of halogens is 1. The van der Waals surface area contributed by atoms with Gasteiger partial charge in [-0.3, -0.25) is 4.99 Å². The van der Waals surface area contributed by atoms with Gasteiger partial charge in [-0.2, -0.15) is 4.98 Å². The lowest BCUT2D eigenvalue weighted by molar-refractivity contribution is 0.372. The molecule has 0 radical (unpaired) electrons. The zero-order chi connectivity index (χ0) is 19.1. The van der Waals surface area contributed by atoms with Gasteiger partial charge in [0, 0.05) is 32.0 Å². The third-order valence-electron chi connectivity index (χ3n) is 4.58. The van der Waals surface area contributed by atoms with Gasteiger partial charge in [-0.1, -0.05) is 55.4 Å². The Morgan fingerprint density at radius 1 is 1.29 bits per heavy atom. The summed E-state index contributed by atoms with van der Waals surface area (Å²) in [5, 5.41) is 7.41. The fourth-order valence-corrected chi connectivity index (χ4v) is 3.06. The van der Waals surface area contributed by atoms with Crippen LogP contribution >= 0.6 is 24.0 Å². The summed E-state index contributed by atoms with van der Waals surface area (Å²) in [6, 6.07) is 10.6. The van der Waals surface area contributed by atoms with Crippen molar-refractivity contribution in [3.05, 3.63) is 53.7 Å². The van der Waals surface area contributed by atoms with Crippen LogP contribution in [-0.4, -0.2) is 47.2 Å². The van der Waals surface area contributed by atoms with Crippen molar-refractivity contribution in [1.82, 2.24) is 20.4 Å². The van der Waals surface area contributed by atoms with E-state index in [1.54, 1.807) is 0 Å². The second-order valence-electron chi connectivity index (χ2n) is 6.98. The minimum atomic E-state index is 0. The van der Waals surface area contributed by atoms with Crippen LogP contribution in [0.25, 0.3) is 5.57 Å². The summed E-state index contributed by atoms with van der Waals surface area (Å²) in [7, 11) is 0. The molecule has 0 saturated heterocycles. The van der Waals surface area contributed by atoms with Gasteiger partial charge in [0.1, 0.15) is 0 Å². The molecule has 0 fully saturated rings. The molecule has 6 nitrogen and oxygen atoms in total. The summed E-state index contributed by atoms with van der Waals surface area (Å²) in [5.41, 5.74) is 2.73. The third kappa shape index (κ3) is 6.05. The molecule has 0 aliphatic carbocycles. The smallest absolute Gasteiger partial charge is 0.228 e. The lowest BCUT2D eigenvalue weighted by Gasteiger charge is -2.29. The van der Waals surface area contributed by atoms with Crippen LogP contribution in [-0.2, 0) is 6.42 Å². The van der Waals surface area contributed by atoms with Gasteiger partial charge in [-0.25, -0.2) is 0 Å². The predicted octanol–water partition coefficient (Wildman–Crippen LogP) is 4.11. The van der Waals surface area contributed by atoms with E-state index in [0.29, 0.717) is 18.9 Å². The first-order chi connectivity index (χ1) is 13.2. The molecule has 7 heteroatoms. The highest BCUT2D eigenvalue weighted by atomic mass is 127. The standard InChI is InChI=1S/C21H29N5O.HI/c1-4-22-21(23-13-10-19-24-20(16(2)3)25-27-19)26-14-11-18(12-15-26)17-8-6-5-7-9-17;/h5-9,11,16H,4,10,12-15H2,1-3H3,(H,22,23);1H. The van der Waals surface area contributed by atoms with Crippen LogP contribution in [0.1, 0.15) is 50.4 Å². The van der Waals surface area contributed by atoms with Crippen LogP contribution in [0.2, 0.25) is 0 Å². The van der Waals surface area contributed by atoms with Crippen molar-refractivity contribution in [3.8, 4) is 0 Å². The van der Waals surface area contributed by atoms with Crippen molar-refractivity contribution < 1.29 is 4.52 Å². The lowest BCUT2D eigenvalue weighted by Crippen LogP contribution is -2.43. The summed E-state index contributed by atoms with van der Waals surface area (Å²) in [6.07, 6.45) is 3.99. The molecule has 0 spiro atoms. The minimum absolute atomic E-state index is 0. The van der Waals surface area contributed by atoms with Gasteiger partial charge in [0.25, 0.3) is 0 Å². The monoisotopic (exact) mass is 495 g/mol. The van der Waals surface area contributed by atoms with Crippen LogP contribution in [0.5, 0.6) is 0 Å². The van der Waals surface area contributed by atoms with E-state index in [4.69, 9.17) is 9.52 Å². The Balaban J connectivity index is 0.00000280. The summed E-state index contributed by atoms with van der Waals surface area (Å²) in [6.45, 7) is 9.53. The summed E-state index contributed by atoms with van der Waals surface area (Å²) in [5.74, 6) is 2.64. The maximum atomic E-state index is 5.30. The molecule has 152 valence electrons. The number of benzene rings is 1. The number of aliphatic imine (C=N–C) groups is 1. The van der Waals surface area contributed by atoms with E-state index in [1.165, 1.54) is 11.1 Å². The third-order valence-corrected chi connectivity index (χ3v) is 4.58. The van der Waals surface area contributed by atoms with Gasteiger partial charge in [-0.05, 0) is 24.5 Å². The van der Waals surface area contributed by atoms with Gasteiger partial charge in [0.05, 0.1) is 6.54 Å². The van der Waals surface area contributed by atoms with E-state index in [-0.39, 0.29) is 29.9 Å². The number of guanidine groups is 1. The predicted molar refractivity (Wildman–Crippen MR) is 124 cm³/mol. The van der Waals surface area contributed by atoms with Crippen LogP contribution in [0, 0.1) is 0 Å². The number of aromatic nitrogens is 2. The highest BCUT2D eigenvalue weighted by Crippen LogP contribution is 2.22. The maximum Gasteiger partial charge on any atom is 0.228 e. The zero-order valence-electron chi connectivity index (χ0n) is 16.9. The Hall–Kier alpha value is -1.90. The molecular weight excluding hydrogens is 465 g/mol. The first kappa shape index (κ1) is 22.4. The first-order valence-corrected chi connectivity index (χ1v) is 9.77. The molecule has 28 heavy (non-hydrogen) atoms. The average Bonchev–Trinajstić information content (AvgIpc) is 3.17. The molecule has 1 N–H and O–H groups in total. The number of nitrogens with zero attached hydrogens (tertiary/aromatic N) is 4. The fraction of sp³-hybridized carbons (Fsp3) is 0.476. The molecule has 0 unspecified atom stereocenters. The second kappa shape index (κ2) is 11.2. The van der Waals surface area contributed by atoms with Crippen molar-refractivity contribution >= 4 is 35.5 Å². The molecule has 0 atom stereocenters. The second-order valence-corrected chi connectivity index (χ2v) is 6.98. The van der Waals surface area contributed by atoms with E-state index in [0.717, 1.165) is 37.8 Å². The molecule has 1 aliphatic rings. The van der Waals surface area contributed by atoms with Crippen LogP contribution in [0.4, 0.5) is 0 Å². The molecule has 0 bridgehead atoms. The molecule has 3 rings (SSSR count). The van der Waals surface area contributed by atoms with Crippen molar-refractivity contribution in [1.29, 1.82) is 0 Å². The highest BCUT2D eigenvalue weighted by Gasteiger charge is 2.16. The van der Waals surface area contributed by atoms with Crippen molar-refractivity contribution in [3.63, 3.8) is 0 Å². The van der Waals surface area contributed by atoms with Gasteiger partial charge >= 0.3 is 0 Å². The zero-order valence-corrected chi connectivity index (χ0v) is 19.2. The summed E-state index contributed by atoms with van der Waals surface area (Å²) >= 11 is 0. The molecule has 0 amide bonds. The normalized spacial score (nSPS) is 14.6. The van der Waals surface area contributed by atoms with Crippen molar-refractivity contribution in [2.24, 2.45) is 4.99 Å². The van der Waals surface area contributed by atoms with Gasteiger partial charge in [0.2, 0.25) is 5.89 Å². The van der Waals surface area contributed by atoms with E-state index < -0.39 is 0 Å². The molecule has 1 aromatic heterocycles. The minimum Gasteiger partial charge on any atom is -0.357 e. The van der Waals surface area contributed by atoms with Crippen LogP contribution < -0.4 is 5.32 Å². The van der Waals surface area contributed by atoms with E-state index in [9.17, 15) is 0 Å². The fourth-order valence-electron chi connectivity index (χ4n) is 3.06. The van der Waals surface area contributed by atoms with Crippen molar-refractivity contribution in [2.75, 3.05) is 26.2 Å². The molecule has 2 aromatic rings. The van der Waals surface area contributed by atoms with Crippen LogP contribution in [0.3, 0.4) is 0 Å². The Bertz CT molecular complexity index is 785. The van der Waals surface area contributed by atoms with E-state index in [2.05, 4.69) is 77.5 Å². The van der Waals surface area contributed by atoms with Crippen LogP contribution in [0.15, 0.2) is 45.9 Å². The quantitative estimate of drug-likeness (QED) is 0.371. The van der Waals surface area contributed by atoms with E-state index in [1.807, 2.05) is 0 Å². The Morgan fingerprint density at radius 2 is 2.07 bits per heavy atom. The Labute approximate surface area is 184 Å². The largest absolute Gasteiger partial charge is 0.357 e. The topological polar surface area (TPSA) is 66.5 Å². The maximum absolute atomic E-state index is 5.30. The summed E-state index contributed by atoms with van der Waals surface area (Å²) < 4.78 is 5.30. The molecule has 1 aromatic carbocycles. The highest BCUT2D eigenvalue weighted by molar-refractivity contribution is 14.0. The first-order valence-electron chi connectivity index (χ1n) is 9.77. The Morgan fingerprint density at radius 3 is 2.68 bits per heavy atom. The molecule has 0 saturated carbocycles. The van der Waals surface area contributed by atoms with Gasteiger partial charge in [-0.15, -0.1) is 24.0 Å². The van der Waals surface area contributed by atoms with E-state index >= 15 is 0 Å².